The Hall–Kier alpha value is -1.11. The molecule has 1 aromatic carbocycles. The zero-order valence-electron chi connectivity index (χ0n) is 11.2. The molecule has 1 fully saturated rings. The van der Waals surface area contributed by atoms with Crippen LogP contribution in [0.25, 0.3) is 0 Å². The molecule has 1 aromatic rings. The van der Waals surface area contributed by atoms with E-state index in [9.17, 15) is 8.42 Å². The lowest BCUT2D eigenvalue weighted by atomic mass is 10.2. The molecule has 0 spiro atoms. The molecule has 1 heterocycles. The van der Waals surface area contributed by atoms with E-state index in [1.807, 2.05) is 13.0 Å². The van der Waals surface area contributed by atoms with Crippen LogP contribution in [0.3, 0.4) is 0 Å². The van der Waals surface area contributed by atoms with Crippen molar-refractivity contribution < 1.29 is 17.9 Å². The lowest BCUT2D eigenvalue weighted by molar-refractivity contribution is 0.114. The van der Waals surface area contributed by atoms with Crippen molar-refractivity contribution in [1.29, 1.82) is 0 Å². The van der Waals surface area contributed by atoms with E-state index in [4.69, 9.17) is 9.47 Å². The summed E-state index contributed by atoms with van der Waals surface area (Å²) in [6, 6.07) is 5.09. The van der Waals surface area contributed by atoms with Gasteiger partial charge in [0.05, 0.1) is 13.2 Å². The van der Waals surface area contributed by atoms with Gasteiger partial charge in [-0.15, -0.1) is 0 Å². The molecule has 2 rings (SSSR count). The van der Waals surface area contributed by atoms with Gasteiger partial charge in [0.25, 0.3) is 0 Å². The predicted octanol–water partition coefficient (Wildman–Crippen LogP) is 1.46. The van der Waals surface area contributed by atoms with Crippen molar-refractivity contribution in [2.75, 3.05) is 20.3 Å². The van der Waals surface area contributed by atoms with Gasteiger partial charge in [-0.3, -0.25) is 0 Å². The summed E-state index contributed by atoms with van der Waals surface area (Å²) in [4.78, 5) is 0.174. The monoisotopic (exact) mass is 285 g/mol. The summed E-state index contributed by atoms with van der Waals surface area (Å²) < 4.78 is 37.6. The normalized spacial score (nSPS) is 19.6. The summed E-state index contributed by atoms with van der Waals surface area (Å²) in [6.45, 7) is 2.86. The number of benzene rings is 1. The van der Waals surface area contributed by atoms with Gasteiger partial charge in [-0.2, -0.15) is 0 Å². The van der Waals surface area contributed by atoms with Crippen molar-refractivity contribution in [3.63, 3.8) is 0 Å². The van der Waals surface area contributed by atoms with Crippen LogP contribution in [-0.4, -0.2) is 34.8 Å². The molecule has 1 aliphatic rings. The average molecular weight is 285 g/mol. The smallest absolute Gasteiger partial charge is 0.244 e. The second kappa shape index (κ2) is 5.90. The fraction of sp³-hybridized carbons (Fsp3) is 0.538. The number of sulfonamides is 1. The summed E-state index contributed by atoms with van der Waals surface area (Å²) >= 11 is 0. The number of aryl methyl sites for hydroxylation is 1. The summed E-state index contributed by atoms with van der Waals surface area (Å²) in [5.41, 5.74) is 0.873. The fourth-order valence-corrected chi connectivity index (χ4v) is 3.40. The van der Waals surface area contributed by atoms with Crippen molar-refractivity contribution in [2.24, 2.45) is 0 Å². The zero-order valence-corrected chi connectivity index (χ0v) is 12.0. The fourth-order valence-electron chi connectivity index (χ4n) is 2.08. The average Bonchev–Trinajstić information content (AvgIpc) is 2.89. The summed E-state index contributed by atoms with van der Waals surface area (Å²) in [7, 11) is -2.11. The molecule has 0 radical (unpaired) electrons. The molecular weight excluding hydrogens is 266 g/mol. The molecule has 0 aliphatic carbocycles. The second-order valence-corrected chi connectivity index (χ2v) is 6.38. The quantitative estimate of drug-likeness (QED) is 0.889. The Morgan fingerprint density at radius 1 is 1.47 bits per heavy atom. The minimum atomic E-state index is -3.57. The van der Waals surface area contributed by atoms with Gasteiger partial charge >= 0.3 is 0 Å². The van der Waals surface area contributed by atoms with E-state index in [0.29, 0.717) is 18.9 Å². The van der Waals surface area contributed by atoms with Crippen molar-refractivity contribution in [3.8, 4) is 5.75 Å². The molecule has 1 saturated heterocycles. The van der Waals surface area contributed by atoms with Crippen molar-refractivity contribution in [2.45, 2.75) is 30.8 Å². The third-order valence-electron chi connectivity index (χ3n) is 3.13. The first-order valence-electron chi connectivity index (χ1n) is 6.29. The van der Waals surface area contributed by atoms with Crippen LogP contribution in [0, 0.1) is 6.92 Å². The van der Waals surface area contributed by atoms with E-state index < -0.39 is 10.0 Å². The Bertz CT molecular complexity index is 536. The van der Waals surface area contributed by atoms with Crippen LogP contribution in [0.15, 0.2) is 23.1 Å². The van der Waals surface area contributed by atoms with Crippen LogP contribution in [0.4, 0.5) is 0 Å². The number of hydrogen-bond acceptors (Lipinski definition) is 4. The van der Waals surface area contributed by atoms with Gasteiger partial charge < -0.3 is 9.47 Å². The molecule has 5 nitrogen and oxygen atoms in total. The zero-order chi connectivity index (χ0) is 13.9. The highest BCUT2D eigenvalue weighted by molar-refractivity contribution is 7.89. The lowest BCUT2D eigenvalue weighted by Crippen LogP contribution is -2.32. The molecule has 0 aromatic heterocycles. The van der Waals surface area contributed by atoms with E-state index in [2.05, 4.69) is 4.72 Å². The summed E-state index contributed by atoms with van der Waals surface area (Å²) in [5.74, 6) is 0.352. The SMILES string of the molecule is COc1ccc(C)cc1S(=O)(=O)NC[C@@H]1CCCO1. The number of ether oxygens (including phenoxy) is 2. The largest absolute Gasteiger partial charge is 0.495 e. The van der Waals surface area contributed by atoms with E-state index >= 15 is 0 Å². The maximum Gasteiger partial charge on any atom is 0.244 e. The molecule has 1 aliphatic heterocycles. The standard InChI is InChI=1S/C13H19NO4S/c1-10-5-6-12(17-2)13(8-10)19(15,16)14-9-11-4-3-7-18-11/h5-6,8,11,14H,3-4,7,9H2,1-2H3/t11-/m0/s1. The molecule has 0 unspecified atom stereocenters. The first-order valence-corrected chi connectivity index (χ1v) is 7.77. The molecule has 0 amide bonds. The number of hydrogen-bond donors (Lipinski definition) is 1. The lowest BCUT2D eigenvalue weighted by Gasteiger charge is -2.14. The van der Waals surface area contributed by atoms with Gasteiger partial charge in [-0.05, 0) is 37.5 Å². The van der Waals surface area contributed by atoms with Crippen LogP contribution in [0.1, 0.15) is 18.4 Å². The maximum atomic E-state index is 12.3. The minimum Gasteiger partial charge on any atom is -0.495 e. The Balaban J connectivity index is 2.16. The van der Waals surface area contributed by atoms with Crippen LogP contribution < -0.4 is 9.46 Å². The molecule has 19 heavy (non-hydrogen) atoms. The number of rotatable bonds is 5. The number of methoxy groups -OCH3 is 1. The molecule has 0 saturated carbocycles. The van der Waals surface area contributed by atoms with Gasteiger partial charge in [0, 0.05) is 13.2 Å². The van der Waals surface area contributed by atoms with Gasteiger partial charge in [0.2, 0.25) is 10.0 Å². The summed E-state index contributed by atoms with van der Waals surface area (Å²) in [5, 5.41) is 0. The van der Waals surface area contributed by atoms with Crippen LogP contribution in [0.2, 0.25) is 0 Å². The van der Waals surface area contributed by atoms with Gasteiger partial charge in [-0.1, -0.05) is 6.07 Å². The maximum absolute atomic E-state index is 12.3. The van der Waals surface area contributed by atoms with Crippen molar-refractivity contribution in [1.82, 2.24) is 4.72 Å². The van der Waals surface area contributed by atoms with E-state index in [1.54, 1.807) is 12.1 Å². The van der Waals surface area contributed by atoms with Crippen LogP contribution >= 0.6 is 0 Å². The molecule has 1 N–H and O–H groups in total. The van der Waals surface area contributed by atoms with Gasteiger partial charge in [0.1, 0.15) is 10.6 Å². The predicted molar refractivity (Wildman–Crippen MR) is 71.9 cm³/mol. The van der Waals surface area contributed by atoms with E-state index in [0.717, 1.165) is 18.4 Å². The topological polar surface area (TPSA) is 64.6 Å². The highest BCUT2D eigenvalue weighted by Gasteiger charge is 2.23. The molecule has 106 valence electrons. The third kappa shape index (κ3) is 3.46. The molecular formula is C13H19NO4S. The van der Waals surface area contributed by atoms with Crippen LogP contribution in [0.5, 0.6) is 5.75 Å². The molecule has 1 atom stereocenters. The summed E-state index contributed by atoms with van der Waals surface area (Å²) in [6.07, 6.45) is 1.86. The molecule has 0 bridgehead atoms. The Kier molecular flexibility index (Phi) is 4.44. The minimum absolute atomic E-state index is 0.0226. The van der Waals surface area contributed by atoms with Gasteiger partial charge in [0.15, 0.2) is 0 Å². The highest BCUT2D eigenvalue weighted by atomic mass is 32.2. The Morgan fingerprint density at radius 3 is 2.89 bits per heavy atom. The van der Waals surface area contributed by atoms with Crippen molar-refractivity contribution >= 4 is 10.0 Å². The second-order valence-electron chi connectivity index (χ2n) is 4.64. The number of nitrogens with one attached hydrogen (secondary N) is 1. The van der Waals surface area contributed by atoms with Crippen molar-refractivity contribution in [3.05, 3.63) is 23.8 Å². The first kappa shape index (κ1) is 14.3. The Labute approximate surface area is 114 Å². The molecule has 6 heteroatoms. The first-order chi connectivity index (χ1) is 9.03. The van der Waals surface area contributed by atoms with Gasteiger partial charge in [-0.25, -0.2) is 13.1 Å². The van der Waals surface area contributed by atoms with Crippen LogP contribution in [-0.2, 0) is 14.8 Å². The highest BCUT2D eigenvalue weighted by Crippen LogP contribution is 2.24. The Morgan fingerprint density at radius 2 is 2.26 bits per heavy atom. The third-order valence-corrected chi connectivity index (χ3v) is 4.58. The van der Waals surface area contributed by atoms with E-state index in [1.165, 1.54) is 7.11 Å². The van der Waals surface area contributed by atoms with E-state index in [-0.39, 0.29) is 11.0 Å².